The molecule has 162 valence electrons. The van der Waals surface area contributed by atoms with Crippen LogP contribution in [0.4, 0.5) is 13.2 Å². The molecule has 7 nitrogen and oxygen atoms in total. The number of aromatic nitrogens is 5. The first-order valence-electron chi connectivity index (χ1n) is 10.3. The molecular formula is C21H21F3N6O. The van der Waals surface area contributed by atoms with Crippen molar-refractivity contribution in [2.45, 2.75) is 50.2 Å². The summed E-state index contributed by atoms with van der Waals surface area (Å²) in [5, 5.41) is 12.0. The molecule has 0 unspecified atom stereocenters. The van der Waals surface area contributed by atoms with Gasteiger partial charge in [-0.05, 0) is 50.3 Å². The van der Waals surface area contributed by atoms with E-state index in [9.17, 15) is 18.0 Å². The van der Waals surface area contributed by atoms with Crippen LogP contribution in [0.1, 0.15) is 70.8 Å². The Bertz CT molecular complexity index is 1140. The molecule has 0 radical (unpaired) electrons. The number of carbonyl (C=O) groups excluding carboxylic acids is 1. The predicted octanol–water partition coefficient (Wildman–Crippen LogP) is 3.70. The lowest BCUT2D eigenvalue weighted by atomic mass is 9.93. The second kappa shape index (κ2) is 7.21. The maximum absolute atomic E-state index is 13.0. The van der Waals surface area contributed by atoms with Crippen molar-refractivity contribution in [2.24, 2.45) is 7.05 Å². The Labute approximate surface area is 176 Å². The van der Waals surface area contributed by atoms with Crippen LogP contribution in [-0.2, 0) is 19.6 Å². The number of fused-ring (bicyclic) bond motifs is 1. The van der Waals surface area contributed by atoms with Crippen molar-refractivity contribution in [2.75, 3.05) is 0 Å². The Hall–Kier alpha value is -3.17. The highest BCUT2D eigenvalue weighted by molar-refractivity contribution is 5.93. The van der Waals surface area contributed by atoms with E-state index >= 15 is 0 Å². The molecule has 0 spiro atoms. The Kier molecular flexibility index (Phi) is 4.60. The average Bonchev–Trinajstić information content (AvgIpc) is 3.36. The Balaban J connectivity index is 1.40. The number of amides is 1. The maximum Gasteiger partial charge on any atom is 0.433 e. The molecular weight excluding hydrogens is 409 g/mol. The van der Waals surface area contributed by atoms with E-state index in [1.807, 2.05) is 6.07 Å². The summed E-state index contributed by atoms with van der Waals surface area (Å²) in [5.41, 5.74) is 2.38. The highest BCUT2D eigenvalue weighted by atomic mass is 19.4. The van der Waals surface area contributed by atoms with Crippen molar-refractivity contribution in [1.29, 1.82) is 0 Å². The van der Waals surface area contributed by atoms with Crippen LogP contribution in [0.2, 0.25) is 0 Å². The first-order chi connectivity index (χ1) is 14.8. The van der Waals surface area contributed by atoms with E-state index in [0.717, 1.165) is 54.9 Å². The minimum absolute atomic E-state index is 0.212. The number of pyridine rings is 1. The van der Waals surface area contributed by atoms with E-state index in [-0.39, 0.29) is 17.6 Å². The van der Waals surface area contributed by atoms with Gasteiger partial charge in [-0.25, -0.2) is 4.68 Å². The van der Waals surface area contributed by atoms with Crippen molar-refractivity contribution in [3.05, 3.63) is 58.9 Å². The van der Waals surface area contributed by atoms with Crippen molar-refractivity contribution in [1.82, 2.24) is 29.9 Å². The quantitative estimate of drug-likeness (QED) is 0.685. The van der Waals surface area contributed by atoms with E-state index in [4.69, 9.17) is 0 Å². The van der Waals surface area contributed by atoms with Gasteiger partial charge in [-0.2, -0.15) is 23.4 Å². The molecule has 1 saturated carbocycles. The summed E-state index contributed by atoms with van der Waals surface area (Å²) in [6, 6.07) is 4.04. The summed E-state index contributed by atoms with van der Waals surface area (Å²) in [6.07, 6.45) is 2.79. The number of carbonyl (C=O) groups is 1. The largest absolute Gasteiger partial charge is 0.433 e. The number of alkyl halides is 3. The summed E-state index contributed by atoms with van der Waals surface area (Å²) in [6.45, 7) is 0. The van der Waals surface area contributed by atoms with Crippen LogP contribution < -0.4 is 5.32 Å². The van der Waals surface area contributed by atoms with E-state index < -0.39 is 11.9 Å². The molecule has 0 saturated heterocycles. The molecule has 1 atom stereocenters. The molecule has 0 aromatic carbocycles. The summed E-state index contributed by atoms with van der Waals surface area (Å²) in [4.78, 5) is 16.3. The monoisotopic (exact) mass is 430 g/mol. The number of nitrogens with one attached hydrogen (secondary N) is 1. The van der Waals surface area contributed by atoms with E-state index in [2.05, 4.69) is 20.5 Å². The van der Waals surface area contributed by atoms with E-state index in [0.29, 0.717) is 18.0 Å². The van der Waals surface area contributed by atoms with Gasteiger partial charge in [0.15, 0.2) is 0 Å². The zero-order chi connectivity index (χ0) is 21.8. The second-order valence-corrected chi connectivity index (χ2v) is 8.14. The number of hydrogen-bond donors (Lipinski definition) is 1. The van der Waals surface area contributed by atoms with Gasteiger partial charge in [0.25, 0.3) is 5.91 Å². The number of rotatable bonds is 4. The lowest BCUT2D eigenvalue weighted by Crippen LogP contribution is -2.31. The van der Waals surface area contributed by atoms with Crippen molar-refractivity contribution in [3.8, 4) is 5.69 Å². The Morgan fingerprint density at radius 1 is 1.19 bits per heavy atom. The highest BCUT2D eigenvalue weighted by Gasteiger charge is 2.33. The van der Waals surface area contributed by atoms with Crippen molar-refractivity contribution >= 4 is 5.91 Å². The standard InChI is InChI=1S/C21H21F3N6O/c1-29-18(10-17(27-29)12-5-6-12)20(31)26-15-3-2-4-16-14(15)11-30(28-16)13-7-8-25-19(9-13)21(22,23)24/h7-12,15H,2-6H2,1H3,(H,26,31)/t15-/m0/s1. The van der Waals surface area contributed by atoms with Gasteiger partial charge < -0.3 is 5.32 Å². The van der Waals surface area contributed by atoms with Crippen molar-refractivity contribution < 1.29 is 18.0 Å². The van der Waals surface area contributed by atoms with Crippen LogP contribution in [0.5, 0.6) is 0 Å². The topological polar surface area (TPSA) is 77.6 Å². The van der Waals surface area contributed by atoms with Gasteiger partial charge in [0.1, 0.15) is 11.4 Å². The minimum atomic E-state index is -4.53. The van der Waals surface area contributed by atoms with E-state index in [1.54, 1.807) is 17.9 Å². The first kappa shape index (κ1) is 19.8. The smallest absolute Gasteiger partial charge is 0.344 e. The van der Waals surface area contributed by atoms with Gasteiger partial charge in [-0.1, -0.05) is 0 Å². The number of hydrogen-bond acceptors (Lipinski definition) is 4. The average molecular weight is 430 g/mol. The third-order valence-electron chi connectivity index (χ3n) is 5.84. The maximum atomic E-state index is 13.0. The number of nitrogens with zero attached hydrogens (tertiary/aromatic N) is 5. The molecule has 3 aromatic rings. The predicted molar refractivity (Wildman–Crippen MR) is 105 cm³/mol. The number of aryl methyl sites for hydroxylation is 2. The van der Waals surface area contributed by atoms with Crippen LogP contribution in [0.25, 0.3) is 5.69 Å². The highest BCUT2D eigenvalue weighted by Crippen LogP contribution is 2.39. The Morgan fingerprint density at radius 2 is 2.00 bits per heavy atom. The molecule has 10 heteroatoms. The second-order valence-electron chi connectivity index (χ2n) is 8.14. The third-order valence-corrected chi connectivity index (χ3v) is 5.84. The number of halogens is 3. The lowest BCUT2D eigenvalue weighted by molar-refractivity contribution is -0.141. The zero-order valence-electron chi connectivity index (χ0n) is 16.9. The van der Waals surface area contributed by atoms with Gasteiger partial charge in [0, 0.05) is 30.9 Å². The lowest BCUT2D eigenvalue weighted by Gasteiger charge is -2.22. The molecule has 2 aliphatic carbocycles. The molecule has 0 bridgehead atoms. The molecule has 1 N–H and O–H groups in total. The molecule has 1 amide bonds. The normalized spacial score (nSPS) is 18.6. The van der Waals surface area contributed by atoms with Crippen LogP contribution in [0.15, 0.2) is 30.6 Å². The van der Waals surface area contributed by atoms with E-state index in [1.165, 1.54) is 10.7 Å². The molecule has 31 heavy (non-hydrogen) atoms. The van der Waals surface area contributed by atoms with Gasteiger partial charge in [-0.15, -0.1) is 0 Å². The van der Waals surface area contributed by atoms with Gasteiger partial charge >= 0.3 is 6.18 Å². The summed E-state index contributed by atoms with van der Waals surface area (Å²) < 4.78 is 42.1. The molecule has 2 aliphatic rings. The van der Waals surface area contributed by atoms with Crippen LogP contribution in [0.3, 0.4) is 0 Å². The molecule has 0 aliphatic heterocycles. The van der Waals surface area contributed by atoms with Gasteiger partial charge in [-0.3, -0.25) is 14.5 Å². The molecule has 3 heterocycles. The Morgan fingerprint density at radius 3 is 2.74 bits per heavy atom. The first-order valence-corrected chi connectivity index (χ1v) is 10.3. The van der Waals surface area contributed by atoms with Crippen LogP contribution in [0, 0.1) is 0 Å². The summed E-state index contributed by atoms with van der Waals surface area (Å²) >= 11 is 0. The fourth-order valence-electron chi connectivity index (χ4n) is 4.05. The fourth-order valence-corrected chi connectivity index (χ4v) is 4.05. The summed E-state index contributed by atoms with van der Waals surface area (Å²) in [7, 11) is 1.76. The molecule has 5 rings (SSSR count). The minimum Gasteiger partial charge on any atom is -0.344 e. The van der Waals surface area contributed by atoms with Gasteiger partial charge in [0.05, 0.1) is 23.1 Å². The zero-order valence-corrected chi connectivity index (χ0v) is 16.9. The van der Waals surface area contributed by atoms with Gasteiger partial charge in [0.2, 0.25) is 0 Å². The third kappa shape index (κ3) is 3.82. The SMILES string of the molecule is Cn1nc(C2CC2)cc1C(=O)N[C@H]1CCCc2nn(-c3ccnc(C(F)(F)F)c3)cc21. The molecule has 3 aromatic heterocycles. The molecule has 1 fully saturated rings. The van der Waals surface area contributed by atoms with Crippen molar-refractivity contribution in [3.63, 3.8) is 0 Å². The fraction of sp³-hybridized carbons (Fsp3) is 0.429. The summed E-state index contributed by atoms with van der Waals surface area (Å²) in [5.74, 6) is 0.241. The van der Waals surface area contributed by atoms with Crippen LogP contribution >= 0.6 is 0 Å². The van der Waals surface area contributed by atoms with Crippen LogP contribution in [-0.4, -0.2) is 30.5 Å².